The lowest BCUT2D eigenvalue weighted by Gasteiger charge is -2.47. The van der Waals surface area contributed by atoms with Gasteiger partial charge in [0.25, 0.3) is 5.91 Å². The van der Waals surface area contributed by atoms with E-state index < -0.39 is 12.1 Å². The average molecular weight is 572 g/mol. The van der Waals surface area contributed by atoms with Gasteiger partial charge in [0.15, 0.2) is 0 Å². The number of nitrogens with zero attached hydrogens (tertiary/aromatic N) is 2. The minimum absolute atomic E-state index is 0.0946. The number of amides is 1. The van der Waals surface area contributed by atoms with Crippen LogP contribution in [-0.2, 0) is 17.8 Å². The number of ether oxygens (including phenoxy) is 1. The molecule has 2 aromatic carbocycles. The highest BCUT2D eigenvalue weighted by molar-refractivity contribution is 5.98. The lowest BCUT2D eigenvalue weighted by molar-refractivity contribution is -0.192. The molecule has 0 bridgehead atoms. The van der Waals surface area contributed by atoms with E-state index >= 15 is 0 Å². The van der Waals surface area contributed by atoms with E-state index in [9.17, 15) is 18.0 Å². The number of para-hydroxylation sites is 2. The topological polar surface area (TPSA) is 85.9 Å². The van der Waals surface area contributed by atoms with Crippen molar-refractivity contribution in [3.05, 3.63) is 65.4 Å². The second kappa shape index (κ2) is 11.0. The highest BCUT2D eigenvalue weighted by Gasteiger charge is 2.40. The van der Waals surface area contributed by atoms with Crippen molar-refractivity contribution in [3.8, 4) is 5.75 Å². The van der Waals surface area contributed by atoms with Crippen molar-refractivity contribution in [3.63, 3.8) is 0 Å². The maximum atomic E-state index is 13.1. The third-order valence-electron chi connectivity index (χ3n) is 8.60. The zero-order valence-corrected chi connectivity index (χ0v) is 23.4. The molecule has 2 fully saturated rings. The Kier molecular flexibility index (Phi) is 7.80. The summed E-state index contributed by atoms with van der Waals surface area (Å²) in [5, 5.41) is 8.23. The summed E-state index contributed by atoms with van der Waals surface area (Å²) in [5.41, 5.74) is 4.73. The van der Waals surface area contributed by atoms with Crippen LogP contribution < -0.4 is 4.74 Å². The van der Waals surface area contributed by atoms with Gasteiger partial charge in [-0.25, -0.2) is 4.79 Å². The minimum Gasteiger partial charge on any atom is -0.487 e. The van der Waals surface area contributed by atoms with Crippen molar-refractivity contribution >= 4 is 22.8 Å². The number of rotatable bonds is 3. The van der Waals surface area contributed by atoms with E-state index in [2.05, 4.69) is 52.9 Å². The van der Waals surface area contributed by atoms with Crippen LogP contribution in [0, 0.1) is 5.41 Å². The van der Waals surface area contributed by atoms with Gasteiger partial charge >= 0.3 is 12.1 Å². The van der Waals surface area contributed by atoms with Gasteiger partial charge in [0, 0.05) is 42.5 Å². The van der Waals surface area contributed by atoms with Crippen molar-refractivity contribution in [1.82, 2.24) is 14.8 Å². The maximum Gasteiger partial charge on any atom is 0.490 e. The van der Waals surface area contributed by atoms with Crippen LogP contribution >= 0.6 is 0 Å². The van der Waals surface area contributed by atoms with Gasteiger partial charge in [0.1, 0.15) is 17.0 Å². The van der Waals surface area contributed by atoms with Crippen LogP contribution in [0.25, 0.3) is 10.9 Å². The molecule has 2 N–H and O–H groups in total. The smallest absolute Gasteiger partial charge is 0.487 e. The number of carboxylic acids is 1. The van der Waals surface area contributed by atoms with Crippen molar-refractivity contribution in [2.75, 3.05) is 26.2 Å². The number of hydrogen-bond donors (Lipinski definition) is 2. The number of carboxylic acid groups (broad SMARTS) is 1. The van der Waals surface area contributed by atoms with E-state index in [1.54, 1.807) is 0 Å². The Morgan fingerprint density at radius 2 is 1.61 bits per heavy atom. The number of likely N-dealkylation sites (tertiary alicyclic amines) is 2. The van der Waals surface area contributed by atoms with E-state index in [1.807, 2.05) is 24.3 Å². The number of fused-ring (bicyclic) bond motifs is 2. The summed E-state index contributed by atoms with van der Waals surface area (Å²) in [6.07, 6.45) is 0.592. The number of nitrogens with one attached hydrogen (secondary N) is 1. The molecule has 10 heteroatoms. The molecular formula is C31H36F3N3O4. The predicted molar refractivity (Wildman–Crippen MR) is 149 cm³/mol. The van der Waals surface area contributed by atoms with Gasteiger partial charge in [-0.15, -0.1) is 0 Å². The zero-order chi connectivity index (χ0) is 29.4. The number of aromatic amines is 1. The molecule has 220 valence electrons. The number of halogens is 3. The highest BCUT2D eigenvalue weighted by Crippen LogP contribution is 2.43. The Morgan fingerprint density at radius 1 is 0.976 bits per heavy atom. The van der Waals surface area contributed by atoms with Crippen LogP contribution in [0.4, 0.5) is 13.2 Å². The van der Waals surface area contributed by atoms with E-state index in [-0.39, 0.29) is 11.5 Å². The van der Waals surface area contributed by atoms with Crippen molar-refractivity contribution in [2.45, 2.75) is 64.3 Å². The number of alkyl halides is 3. The number of carbonyl (C=O) groups is 2. The Labute approximate surface area is 237 Å². The largest absolute Gasteiger partial charge is 0.490 e. The molecule has 2 saturated heterocycles. The van der Waals surface area contributed by atoms with Crippen molar-refractivity contribution < 1.29 is 32.6 Å². The van der Waals surface area contributed by atoms with Crippen LogP contribution in [0.2, 0.25) is 0 Å². The SMILES string of the molecule is CC1(C)Cc2cccc(CN3CCC4(CC3)CCN(C(=O)c3cc5ccccc5[nH]3)CC4)c2O1.O=C(O)C(F)(F)F. The molecule has 3 aliphatic heterocycles. The molecule has 7 nitrogen and oxygen atoms in total. The number of H-pyrrole nitrogens is 1. The average Bonchev–Trinajstić information content (AvgIpc) is 3.50. The fraction of sp³-hybridized carbons (Fsp3) is 0.484. The second-order valence-electron chi connectivity index (χ2n) is 12.1. The predicted octanol–water partition coefficient (Wildman–Crippen LogP) is 6.03. The van der Waals surface area contributed by atoms with Gasteiger partial charge in [0.2, 0.25) is 0 Å². The van der Waals surface area contributed by atoms with Crippen LogP contribution in [-0.4, -0.2) is 69.7 Å². The molecule has 1 amide bonds. The minimum atomic E-state index is -5.08. The summed E-state index contributed by atoms with van der Waals surface area (Å²) in [6, 6.07) is 16.7. The van der Waals surface area contributed by atoms with Crippen LogP contribution in [0.3, 0.4) is 0 Å². The van der Waals surface area contributed by atoms with Gasteiger partial charge in [0.05, 0.1) is 0 Å². The summed E-state index contributed by atoms with van der Waals surface area (Å²) in [5.74, 6) is -1.49. The molecule has 0 aliphatic carbocycles. The van der Waals surface area contributed by atoms with E-state index in [0.717, 1.165) is 68.6 Å². The van der Waals surface area contributed by atoms with Crippen LogP contribution in [0.5, 0.6) is 5.75 Å². The van der Waals surface area contributed by atoms with Gasteiger partial charge in [-0.05, 0) is 75.7 Å². The quantitative estimate of drug-likeness (QED) is 0.401. The Balaban J connectivity index is 0.000000431. The van der Waals surface area contributed by atoms with Crippen molar-refractivity contribution in [1.29, 1.82) is 0 Å². The normalized spacial score (nSPS) is 19.8. The number of aliphatic carboxylic acids is 1. The number of aromatic nitrogens is 1. The monoisotopic (exact) mass is 571 g/mol. The van der Waals surface area contributed by atoms with E-state index in [1.165, 1.54) is 24.0 Å². The molecule has 1 spiro atoms. The fourth-order valence-corrected chi connectivity index (χ4v) is 6.27. The first-order valence-corrected chi connectivity index (χ1v) is 14.0. The molecule has 3 aromatic rings. The van der Waals surface area contributed by atoms with Crippen LogP contribution in [0.1, 0.15) is 61.1 Å². The van der Waals surface area contributed by atoms with Crippen molar-refractivity contribution in [2.24, 2.45) is 5.41 Å². The lowest BCUT2D eigenvalue weighted by atomic mass is 9.71. The van der Waals surface area contributed by atoms with E-state index in [0.29, 0.717) is 11.1 Å². The van der Waals surface area contributed by atoms with Gasteiger partial charge < -0.3 is 19.7 Å². The molecule has 1 aromatic heterocycles. The third kappa shape index (κ3) is 6.53. The first-order chi connectivity index (χ1) is 19.3. The standard InChI is InChI=1S/C29H35N3O2.C2HF3O2/c1-28(2)19-22-7-5-8-23(26(22)34-28)20-31-14-10-29(11-15-31)12-16-32(17-13-29)27(33)25-18-21-6-3-4-9-24(21)30-25;3-2(4,5)1(6)7/h3-9,18,30H,10-17,19-20H2,1-2H3;(H,6,7). The third-order valence-corrected chi connectivity index (χ3v) is 8.60. The van der Waals surface area contributed by atoms with Gasteiger partial charge in [-0.2, -0.15) is 13.2 Å². The summed E-state index contributed by atoms with van der Waals surface area (Å²) >= 11 is 0. The zero-order valence-electron chi connectivity index (χ0n) is 23.4. The number of carbonyl (C=O) groups excluding carboxylic acids is 1. The summed E-state index contributed by atoms with van der Waals surface area (Å²) < 4.78 is 38.0. The molecule has 6 rings (SSSR count). The lowest BCUT2D eigenvalue weighted by Crippen LogP contribution is -2.48. The number of hydrogen-bond acceptors (Lipinski definition) is 4. The molecule has 0 atom stereocenters. The first-order valence-electron chi connectivity index (χ1n) is 14.0. The Morgan fingerprint density at radius 3 is 2.24 bits per heavy atom. The Hall–Kier alpha value is -3.53. The van der Waals surface area contributed by atoms with Gasteiger partial charge in [-0.1, -0.05) is 36.4 Å². The molecule has 0 radical (unpaired) electrons. The highest BCUT2D eigenvalue weighted by atomic mass is 19.4. The fourth-order valence-electron chi connectivity index (χ4n) is 6.27. The summed E-state index contributed by atoms with van der Waals surface area (Å²) in [7, 11) is 0. The number of benzene rings is 2. The molecule has 41 heavy (non-hydrogen) atoms. The number of piperidine rings is 2. The van der Waals surface area contributed by atoms with E-state index in [4.69, 9.17) is 14.6 Å². The van der Waals surface area contributed by atoms with Gasteiger partial charge in [-0.3, -0.25) is 9.69 Å². The molecular weight excluding hydrogens is 535 g/mol. The second-order valence-corrected chi connectivity index (χ2v) is 12.1. The first kappa shape index (κ1) is 29.0. The molecule has 0 unspecified atom stereocenters. The Bertz CT molecular complexity index is 1380. The maximum absolute atomic E-state index is 13.1. The van der Waals surface area contributed by atoms with Crippen LogP contribution in [0.15, 0.2) is 48.5 Å². The molecule has 3 aliphatic rings. The summed E-state index contributed by atoms with van der Waals surface area (Å²) in [6.45, 7) is 9.31. The molecule has 4 heterocycles. The summed E-state index contributed by atoms with van der Waals surface area (Å²) in [4.78, 5) is 30.0. The molecule has 0 saturated carbocycles.